The average Bonchev–Trinajstić information content (AvgIpc) is 2.73. The minimum atomic E-state index is 0.221. The first-order valence-electron chi connectivity index (χ1n) is 5.53. The van der Waals surface area contributed by atoms with Gasteiger partial charge in [0.05, 0.1) is 6.04 Å². The van der Waals surface area contributed by atoms with Gasteiger partial charge in [0, 0.05) is 37.5 Å². The fourth-order valence-corrected chi connectivity index (χ4v) is 2.12. The summed E-state index contributed by atoms with van der Waals surface area (Å²) in [5, 5.41) is 10.4. The Morgan fingerprint density at radius 2 is 2.29 bits per heavy atom. The molecule has 17 heavy (non-hydrogen) atoms. The second kappa shape index (κ2) is 4.07. The van der Waals surface area contributed by atoms with E-state index in [1.165, 1.54) is 5.56 Å². The Balaban J connectivity index is 1.77. The molecule has 2 aliphatic heterocycles. The number of fused-ring (bicyclic) bond motifs is 1. The maximum absolute atomic E-state index is 9.34. The second-order valence-electron chi connectivity index (χ2n) is 4.14. The highest BCUT2D eigenvalue weighted by Crippen LogP contribution is 2.26. The second-order valence-corrected chi connectivity index (χ2v) is 4.14. The molecule has 4 nitrogen and oxygen atoms in total. The molecule has 1 N–H and O–H groups in total. The molecular weight excluding hydrogens is 214 g/mol. The molecule has 0 saturated carbocycles. The first kappa shape index (κ1) is 10.1. The minimum Gasteiger partial charge on any atom is -0.363 e. The van der Waals surface area contributed by atoms with Gasteiger partial charge in [0.15, 0.2) is 0 Å². The Morgan fingerprint density at radius 1 is 1.35 bits per heavy atom. The van der Waals surface area contributed by atoms with Gasteiger partial charge in [-0.05, 0) is 29.4 Å². The Morgan fingerprint density at radius 3 is 3.12 bits per heavy atom. The van der Waals surface area contributed by atoms with Crippen molar-refractivity contribution < 1.29 is 5.21 Å². The highest BCUT2D eigenvalue weighted by atomic mass is 16.5. The first-order valence-corrected chi connectivity index (χ1v) is 5.53. The van der Waals surface area contributed by atoms with Crippen molar-refractivity contribution in [1.29, 1.82) is 0 Å². The SMILES string of the molecule is ON1C=CC2C(=C1)C=CN2Cc1cccnc1. The largest absolute Gasteiger partial charge is 0.363 e. The normalized spacial score (nSPS) is 21.7. The topological polar surface area (TPSA) is 39.6 Å². The van der Waals surface area contributed by atoms with Crippen molar-refractivity contribution in [2.24, 2.45) is 0 Å². The standard InChI is InChI=1S/C13H13N3O/c17-16-7-4-13-12(10-16)3-6-15(13)9-11-2-1-5-14-8-11/h1-8,10,13,17H,9H2. The van der Waals surface area contributed by atoms with Crippen LogP contribution in [0.3, 0.4) is 0 Å². The van der Waals surface area contributed by atoms with Gasteiger partial charge in [-0.15, -0.1) is 0 Å². The summed E-state index contributed by atoms with van der Waals surface area (Å²) >= 11 is 0. The van der Waals surface area contributed by atoms with Gasteiger partial charge in [-0.2, -0.15) is 0 Å². The highest BCUT2D eigenvalue weighted by Gasteiger charge is 2.24. The molecule has 0 saturated heterocycles. The number of pyridine rings is 1. The van der Waals surface area contributed by atoms with E-state index in [9.17, 15) is 5.21 Å². The van der Waals surface area contributed by atoms with E-state index in [-0.39, 0.29) is 6.04 Å². The van der Waals surface area contributed by atoms with E-state index in [0.717, 1.165) is 17.2 Å². The summed E-state index contributed by atoms with van der Waals surface area (Å²) in [5.74, 6) is 0. The van der Waals surface area contributed by atoms with E-state index in [1.54, 1.807) is 18.6 Å². The summed E-state index contributed by atoms with van der Waals surface area (Å²) < 4.78 is 0. The molecule has 4 heteroatoms. The number of aromatic nitrogens is 1. The number of hydrogen-bond acceptors (Lipinski definition) is 4. The van der Waals surface area contributed by atoms with Crippen LogP contribution >= 0.6 is 0 Å². The van der Waals surface area contributed by atoms with Gasteiger partial charge >= 0.3 is 0 Å². The third-order valence-electron chi connectivity index (χ3n) is 2.95. The summed E-state index contributed by atoms with van der Waals surface area (Å²) in [5.41, 5.74) is 2.28. The average molecular weight is 227 g/mol. The zero-order valence-electron chi connectivity index (χ0n) is 9.27. The molecule has 0 amide bonds. The van der Waals surface area contributed by atoms with E-state index in [4.69, 9.17) is 0 Å². The zero-order valence-corrected chi connectivity index (χ0v) is 9.27. The van der Waals surface area contributed by atoms with Crippen molar-refractivity contribution in [3.05, 3.63) is 66.4 Å². The Kier molecular flexibility index (Phi) is 2.42. The van der Waals surface area contributed by atoms with Gasteiger partial charge < -0.3 is 4.90 Å². The third kappa shape index (κ3) is 1.94. The Bertz CT molecular complexity index is 493. The van der Waals surface area contributed by atoms with Crippen LogP contribution in [-0.2, 0) is 6.54 Å². The fourth-order valence-electron chi connectivity index (χ4n) is 2.12. The lowest BCUT2D eigenvalue weighted by atomic mass is 10.1. The molecule has 3 rings (SSSR count). The predicted octanol–water partition coefficient (Wildman–Crippen LogP) is 1.88. The zero-order chi connectivity index (χ0) is 11.7. The predicted molar refractivity (Wildman–Crippen MR) is 63.6 cm³/mol. The number of nitrogens with zero attached hydrogens (tertiary/aromatic N) is 3. The summed E-state index contributed by atoms with van der Waals surface area (Å²) in [6.45, 7) is 0.822. The van der Waals surface area contributed by atoms with Gasteiger partial charge in [-0.1, -0.05) is 6.07 Å². The molecule has 0 spiro atoms. The third-order valence-corrected chi connectivity index (χ3v) is 2.95. The number of hydroxylamine groups is 2. The maximum Gasteiger partial charge on any atom is 0.0758 e. The molecule has 1 aromatic rings. The molecule has 2 aliphatic rings. The van der Waals surface area contributed by atoms with Crippen LogP contribution < -0.4 is 0 Å². The summed E-state index contributed by atoms with van der Waals surface area (Å²) in [6.07, 6.45) is 13.1. The quantitative estimate of drug-likeness (QED) is 0.837. The van der Waals surface area contributed by atoms with Gasteiger partial charge in [-0.25, -0.2) is 5.06 Å². The van der Waals surface area contributed by atoms with Gasteiger partial charge in [0.1, 0.15) is 0 Å². The van der Waals surface area contributed by atoms with E-state index in [2.05, 4.69) is 16.0 Å². The van der Waals surface area contributed by atoms with Crippen molar-refractivity contribution in [1.82, 2.24) is 14.9 Å². The molecule has 1 unspecified atom stereocenters. The molecule has 0 aliphatic carbocycles. The van der Waals surface area contributed by atoms with Crippen LogP contribution in [0.15, 0.2) is 60.9 Å². The summed E-state index contributed by atoms with van der Waals surface area (Å²) in [4.78, 5) is 6.33. The molecular formula is C13H13N3O. The Hall–Kier alpha value is -2.07. The molecule has 0 fully saturated rings. The molecule has 0 aromatic carbocycles. The van der Waals surface area contributed by atoms with Crippen LogP contribution in [0.2, 0.25) is 0 Å². The molecule has 0 radical (unpaired) electrons. The fraction of sp³-hybridized carbons (Fsp3) is 0.154. The minimum absolute atomic E-state index is 0.221. The highest BCUT2D eigenvalue weighted by molar-refractivity contribution is 5.37. The van der Waals surface area contributed by atoms with E-state index in [0.29, 0.717) is 0 Å². The summed E-state index contributed by atoms with van der Waals surface area (Å²) in [6, 6.07) is 4.23. The van der Waals surface area contributed by atoms with Crippen LogP contribution in [0.4, 0.5) is 0 Å². The van der Waals surface area contributed by atoms with Crippen LogP contribution in [0, 0.1) is 0 Å². The van der Waals surface area contributed by atoms with Crippen molar-refractivity contribution in [2.75, 3.05) is 0 Å². The van der Waals surface area contributed by atoms with Crippen LogP contribution in [-0.4, -0.2) is 26.2 Å². The van der Waals surface area contributed by atoms with E-state index >= 15 is 0 Å². The van der Waals surface area contributed by atoms with Crippen LogP contribution in [0.25, 0.3) is 0 Å². The van der Waals surface area contributed by atoms with Gasteiger partial charge in [0.2, 0.25) is 0 Å². The summed E-state index contributed by atoms with van der Waals surface area (Å²) in [7, 11) is 0. The monoisotopic (exact) mass is 227 g/mol. The maximum atomic E-state index is 9.34. The van der Waals surface area contributed by atoms with Crippen LogP contribution in [0.5, 0.6) is 0 Å². The lowest BCUT2D eigenvalue weighted by molar-refractivity contribution is 0.00742. The van der Waals surface area contributed by atoms with Crippen LogP contribution in [0.1, 0.15) is 5.56 Å². The molecule has 1 aromatic heterocycles. The van der Waals surface area contributed by atoms with E-state index in [1.807, 2.05) is 30.6 Å². The van der Waals surface area contributed by atoms with Crippen molar-refractivity contribution >= 4 is 0 Å². The molecule has 1 atom stereocenters. The van der Waals surface area contributed by atoms with Crippen molar-refractivity contribution in [3.63, 3.8) is 0 Å². The lowest BCUT2D eigenvalue weighted by Crippen LogP contribution is -2.28. The van der Waals surface area contributed by atoms with Crippen molar-refractivity contribution in [3.8, 4) is 0 Å². The molecule has 0 bridgehead atoms. The van der Waals surface area contributed by atoms with E-state index < -0.39 is 0 Å². The van der Waals surface area contributed by atoms with Gasteiger partial charge in [0.25, 0.3) is 0 Å². The number of hydrogen-bond donors (Lipinski definition) is 1. The Labute approximate surface area is 99.8 Å². The lowest BCUT2D eigenvalue weighted by Gasteiger charge is -2.27. The number of rotatable bonds is 2. The molecule has 86 valence electrons. The van der Waals surface area contributed by atoms with Gasteiger partial charge in [-0.3, -0.25) is 10.2 Å². The van der Waals surface area contributed by atoms with Crippen molar-refractivity contribution in [2.45, 2.75) is 12.6 Å². The first-order chi connectivity index (χ1) is 8.33. The smallest absolute Gasteiger partial charge is 0.0758 e. The molecule has 3 heterocycles.